The number of nitrogens with zero attached hydrogens (tertiary/aromatic N) is 4. The molecule has 0 saturated carbocycles. The largest absolute Gasteiger partial charge is 0.465 e. The van der Waals surface area contributed by atoms with Crippen LogP contribution in [0.5, 0.6) is 0 Å². The van der Waals surface area contributed by atoms with Crippen LogP contribution < -0.4 is 5.32 Å². The maximum Gasteiger partial charge on any atom is 0.246 e. The van der Waals surface area contributed by atoms with E-state index in [1.54, 1.807) is 43.1 Å². The summed E-state index contributed by atoms with van der Waals surface area (Å²) in [6.45, 7) is 1.52. The summed E-state index contributed by atoms with van der Waals surface area (Å²) < 4.78 is 5.24. The van der Waals surface area contributed by atoms with Gasteiger partial charge in [-0.2, -0.15) is 0 Å². The van der Waals surface area contributed by atoms with Gasteiger partial charge in [0.05, 0.1) is 24.4 Å². The van der Waals surface area contributed by atoms with E-state index in [-0.39, 0.29) is 5.91 Å². The maximum atomic E-state index is 12.5. The first kappa shape index (κ1) is 18.9. The molecule has 1 aliphatic rings. The van der Waals surface area contributed by atoms with Crippen molar-refractivity contribution in [3.63, 3.8) is 0 Å². The van der Waals surface area contributed by atoms with E-state index in [1.165, 1.54) is 0 Å². The third-order valence-corrected chi connectivity index (χ3v) is 4.89. The minimum atomic E-state index is 0.0205. The second kappa shape index (κ2) is 9.14. The molecule has 0 bridgehead atoms. The number of rotatable bonds is 6. The Morgan fingerprint density at radius 1 is 1.17 bits per heavy atom. The number of piperidine rings is 1. The summed E-state index contributed by atoms with van der Waals surface area (Å²) in [6.07, 6.45) is 13.0. The molecule has 4 rings (SSSR count). The van der Waals surface area contributed by atoms with Crippen LogP contribution in [-0.2, 0) is 11.2 Å². The van der Waals surface area contributed by atoms with Gasteiger partial charge in [-0.25, -0.2) is 9.97 Å². The van der Waals surface area contributed by atoms with Crippen LogP contribution in [0.15, 0.2) is 65.7 Å². The fourth-order valence-electron chi connectivity index (χ4n) is 3.47. The lowest BCUT2D eigenvalue weighted by atomic mass is 9.93. The van der Waals surface area contributed by atoms with E-state index in [0.717, 1.165) is 43.9 Å². The summed E-state index contributed by atoms with van der Waals surface area (Å²) >= 11 is 0. The molecule has 1 amide bonds. The quantitative estimate of drug-likeness (QED) is 0.647. The second-order valence-electron chi connectivity index (χ2n) is 7.08. The summed E-state index contributed by atoms with van der Waals surface area (Å²) in [7, 11) is 0. The number of carbonyl (C=O) groups excluding carboxylic acids is 1. The van der Waals surface area contributed by atoms with E-state index < -0.39 is 0 Å². The van der Waals surface area contributed by atoms with Gasteiger partial charge < -0.3 is 14.6 Å². The minimum Gasteiger partial charge on any atom is -0.465 e. The fourth-order valence-corrected chi connectivity index (χ4v) is 3.47. The van der Waals surface area contributed by atoms with Crippen molar-refractivity contribution in [1.82, 2.24) is 19.9 Å². The van der Waals surface area contributed by atoms with Crippen molar-refractivity contribution in [2.45, 2.75) is 19.3 Å². The highest BCUT2D eigenvalue weighted by atomic mass is 16.3. The van der Waals surface area contributed by atoms with Crippen molar-refractivity contribution in [2.75, 3.05) is 18.4 Å². The third-order valence-electron chi connectivity index (χ3n) is 4.89. The summed E-state index contributed by atoms with van der Waals surface area (Å²) in [4.78, 5) is 27.5. The number of likely N-dealkylation sites (tertiary alicyclic amines) is 1. The smallest absolute Gasteiger partial charge is 0.246 e. The molecule has 3 aromatic rings. The molecule has 1 fully saturated rings. The zero-order valence-corrected chi connectivity index (χ0v) is 16.1. The van der Waals surface area contributed by atoms with Gasteiger partial charge in [-0.1, -0.05) is 6.07 Å². The van der Waals surface area contributed by atoms with Crippen LogP contribution in [-0.4, -0.2) is 38.8 Å². The molecule has 0 aromatic carbocycles. The number of hydrogen-bond acceptors (Lipinski definition) is 6. The van der Waals surface area contributed by atoms with Crippen molar-refractivity contribution in [2.24, 2.45) is 5.92 Å². The van der Waals surface area contributed by atoms with E-state index in [1.807, 2.05) is 29.2 Å². The SMILES string of the molecule is O=C(/C=C/c1ccco1)N1CCC[C@@H](Cc2cnc(Nc3ccccn3)cn2)C1. The first-order valence-corrected chi connectivity index (χ1v) is 9.76. The summed E-state index contributed by atoms with van der Waals surface area (Å²) in [5.41, 5.74) is 0.932. The van der Waals surface area contributed by atoms with Gasteiger partial charge in [-0.05, 0) is 55.5 Å². The van der Waals surface area contributed by atoms with E-state index >= 15 is 0 Å². The molecule has 1 aliphatic heterocycles. The van der Waals surface area contributed by atoms with Crippen molar-refractivity contribution in [1.29, 1.82) is 0 Å². The Morgan fingerprint density at radius 3 is 2.90 bits per heavy atom. The minimum absolute atomic E-state index is 0.0205. The molecule has 29 heavy (non-hydrogen) atoms. The van der Waals surface area contributed by atoms with E-state index in [0.29, 0.717) is 17.5 Å². The average molecular weight is 389 g/mol. The Bertz CT molecular complexity index is 939. The predicted molar refractivity (Wildman–Crippen MR) is 110 cm³/mol. The first-order chi connectivity index (χ1) is 14.3. The van der Waals surface area contributed by atoms with Crippen molar-refractivity contribution in [3.05, 3.63) is 72.7 Å². The Balaban J connectivity index is 1.31. The molecule has 0 unspecified atom stereocenters. The summed E-state index contributed by atoms with van der Waals surface area (Å²) in [6, 6.07) is 9.29. The van der Waals surface area contributed by atoms with Gasteiger partial charge in [-0.15, -0.1) is 0 Å². The van der Waals surface area contributed by atoms with Crippen LogP contribution in [0, 0.1) is 5.92 Å². The van der Waals surface area contributed by atoms with Gasteiger partial charge in [0.2, 0.25) is 5.91 Å². The highest BCUT2D eigenvalue weighted by molar-refractivity contribution is 5.91. The topological polar surface area (TPSA) is 84.2 Å². The third kappa shape index (κ3) is 5.28. The molecule has 7 nitrogen and oxygen atoms in total. The van der Waals surface area contributed by atoms with Gasteiger partial charge in [0.25, 0.3) is 0 Å². The van der Waals surface area contributed by atoms with Crippen LogP contribution in [0.4, 0.5) is 11.6 Å². The normalized spacial score (nSPS) is 16.8. The lowest BCUT2D eigenvalue weighted by Gasteiger charge is -2.32. The van der Waals surface area contributed by atoms with Gasteiger partial charge >= 0.3 is 0 Å². The van der Waals surface area contributed by atoms with Crippen LogP contribution in [0.2, 0.25) is 0 Å². The molecular weight excluding hydrogens is 366 g/mol. The zero-order valence-electron chi connectivity index (χ0n) is 16.1. The average Bonchev–Trinajstić information content (AvgIpc) is 3.28. The fraction of sp³-hybridized carbons (Fsp3) is 0.273. The van der Waals surface area contributed by atoms with Crippen molar-refractivity contribution in [3.8, 4) is 0 Å². The number of furan rings is 1. The van der Waals surface area contributed by atoms with E-state index in [2.05, 4.69) is 20.3 Å². The molecule has 1 N–H and O–H groups in total. The molecule has 1 atom stereocenters. The van der Waals surface area contributed by atoms with Crippen LogP contribution in [0.25, 0.3) is 6.08 Å². The van der Waals surface area contributed by atoms with Crippen LogP contribution in [0.3, 0.4) is 0 Å². The van der Waals surface area contributed by atoms with Crippen LogP contribution in [0.1, 0.15) is 24.3 Å². The van der Waals surface area contributed by atoms with Gasteiger partial charge in [0.15, 0.2) is 0 Å². The molecule has 0 radical (unpaired) electrons. The molecule has 0 aliphatic carbocycles. The Morgan fingerprint density at radius 2 is 2.14 bits per heavy atom. The molecule has 7 heteroatoms. The Kier molecular flexibility index (Phi) is 5.95. The van der Waals surface area contributed by atoms with E-state index in [9.17, 15) is 4.79 Å². The highest BCUT2D eigenvalue weighted by Crippen LogP contribution is 2.21. The van der Waals surface area contributed by atoms with Crippen molar-refractivity contribution >= 4 is 23.6 Å². The highest BCUT2D eigenvalue weighted by Gasteiger charge is 2.23. The van der Waals surface area contributed by atoms with Crippen LogP contribution >= 0.6 is 0 Å². The first-order valence-electron chi connectivity index (χ1n) is 9.76. The number of aromatic nitrogens is 3. The molecule has 3 aromatic heterocycles. The van der Waals surface area contributed by atoms with Gasteiger partial charge in [-0.3, -0.25) is 9.78 Å². The summed E-state index contributed by atoms with van der Waals surface area (Å²) in [5, 5.41) is 3.13. The number of carbonyl (C=O) groups is 1. The summed E-state index contributed by atoms with van der Waals surface area (Å²) in [5.74, 6) is 2.48. The number of anilines is 2. The molecular formula is C22H23N5O2. The lowest BCUT2D eigenvalue weighted by Crippen LogP contribution is -2.39. The van der Waals surface area contributed by atoms with E-state index in [4.69, 9.17) is 4.42 Å². The zero-order chi connectivity index (χ0) is 19.9. The lowest BCUT2D eigenvalue weighted by molar-refractivity contribution is -0.127. The molecule has 0 spiro atoms. The monoisotopic (exact) mass is 389 g/mol. The standard InChI is InChI=1S/C22H23N5O2/c28-22(9-8-19-6-4-12-29-19)27-11-3-5-17(16-27)13-18-14-25-21(15-24-18)26-20-7-1-2-10-23-20/h1-2,4,6-10,12,14-15,17H,3,5,11,13,16H2,(H,23,25,26)/b9-8+/t17-/m0/s1. The number of pyridine rings is 1. The maximum absolute atomic E-state index is 12.5. The molecule has 4 heterocycles. The molecule has 148 valence electrons. The number of nitrogens with one attached hydrogen (secondary N) is 1. The van der Waals surface area contributed by atoms with Gasteiger partial charge in [0, 0.05) is 25.4 Å². The Labute approximate surface area is 169 Å². The predicted octanol–water partition coefficient (Wildman–Crippen LogP) is 3.70. The second-order valence-corrected chi connectivity index (χ2v) is 7.08. The van der Waals surface area contributed by atoms with Gasteiger partial charge in [0.1, 0.15) is 17.4 Å². The number of amides is 1. The molecule has 1 saturated heterocycles. The number of hydrogen-bond donors (Lipinski definition) is 1. The Hall–Kier alpha value is -3.48. The van der Waals surface area contributed by atoms with Crippen molar-refractivity contribution < 1.29 is 9.21 Å².